The Balaban J connectivity index is 1.52. The normalized spacial score (nSPS) is 13.7. The summed E-state index contributed by atoms with van der Waals surface area (Å²) in [4.78, 5) is 37.7. The van der Waals surface area contributed by atoms with E-state index in [0.717, 1.165) is 31.5 Å². The van der Waals surface area contributed by atoms with Crippen molar-refractivity contribution >= 4 is 34.1 Å². The molecule has 2 amide bonds. The Bertz CT molecular complexity index is 989. The largest absolute Gasteiger partial charge is 0.364 e. The van der Waals surface area contributed by atoms with Crippen molar-refractivity contribution in [3.8, 4) is 11.3 Å². The topological polar surface area (TPSA) is 117 Å². The van der Waals surface area contributed by atoms with Crippen molar-refractivity contribution in [2.24, 2.45) is 5.73 Å². The van der Waals surface area contributed by atoms with Crippen molar-refractivity contribution in [1.82, 2.24) is 15.0 Å². The van der Waals surface area contributed by atoms with Gasteiger partial charge in [-0.3, -0.25) is 14.9 Å². The average Bonchev–Trinajstić information content (AvgIpc) is 3.42. The monoisotopic (exact) mass is 382 g/mol. The first-order valence-corrected chi connectivity index (χ1v) is 9.45. The van der Waals surface area contributed by atoms with Crippen molar-refractivity contribution in [3.63, 3.8) is 0 Å². The minimum Gasteiger partial charge on any atom is -0.364 e. The number of aromatic nitrogens is 3. The molecule has 27 heavy (non-hydrogen) atoms. The summed E-state index contributed by atoms with van der Waals surface area (Å²) in [5.74, 6) is -0.0603. The van der Waals surface area contributed by atoms with E-state index in [2.05, 4.69) is 25.2 Å². The second-order valence-electron chi connectivity index (χ2n) is 6.23. The summed E-state index contributed by atoms with van der Waals surface area (Å²) in [5.41, 5.74) is 7.49. The number of carbonyl (C=O) groups is 2. The third-order valence-electron chi connectivity index (χ3n) is 4.41. The minimum absolute atomic E-state index is 0.238. The lowest BCUT2D eigenvalue weighted by Gasteiger charge is -2.19. The SMILES string of the molecule is NC(=O)c1cc(-c2csc(NC(=O)c3cccnc3N3CCCC3)n2)c[nH]1. The van der Waals surface area contributed by atoms with Crippen LogP contribution in [0.1, 0.15) is 33.7 Å². The standard InChI is InChI=1S/C18H18N6O2S/c19-15(25)13-8-11(9-21-13)14-10-27-18(22-14)23-17(26)12-4-3-5-20-16(12)24-6-1-2-7-24/h3-5,8-10,21H,1-2,6-7H2,(H2,19,25)(H,22,23,26). The zero-order valence-corrected chi connectivity index (χ0v) is 15.3. The van der Waals surface area contributed by atoms with Gasteiger partial charge in [-0.05, 0) is 31.0 Å². The molecule has 1 fully saturated rings. The van der Waals surface area contributed by atoms with Gasteiger partial charge in [0, 0.05) is 36.4 Å². The van der Waals surface area contributed by atoms with E-state index in [4.69, 9.17) is 5.73 Å². The van der Waals surface area contributed by atoms with Crippen LogP contribution in [0, 0.1) is 0 Å². The molecule has 0 aliphatic carbocycles. The number of aromatic amines is 1. The maximum absolute atomic E-state index is 12.8. The molecular weight excluding hydrogens is 364 g/mol. The number of anilines is 2. The van der Waals surface area contributed by atoms with Crippen LogP contribution in [-0.4, -0.2) is 39.9 Å². The molecule has 9 heteroatoms. The first-order valence-electron chi connectivity index (χ1n) is 8.57. The van der Waals surface area contributed by atoms with Gasteiger partial charge < -0.3 is 15.6 Å². The molecule has 0 spiro atoms. The Morgan fingerprint density at radius 1 is 1.30 bits per heavy atom. The fraction of sp³-hybridized carbons (Fsp3) is 0.222. The number of pyridine rings is 1. The molecule has 0 bridgehead atoms. The van der Waals surface area contributed by atoms with Crippen LogP contribution in [0.15, 0.2) is 36.0 Å². The smallest absolute Gasteiger partial charge is 0.265 e. The van der Waals surface area contributed by atoms with Crippen LogP contribution >= 0.6 is 11.3 Å². The maximum atomic E-state index is 12.8. The molecule has 0 saturated carbocycles. The summed E-state index contributed by atoms with van der Waals surface area (Å²) < 4.78 is 0. The van der Waals surface area contributed by atoms with Crippen molar-refractivity contribution in [1.29, 1.82) is 0 Å². The predicted molar refractivity (Wildman–Crippen MR) is 104 cm³/mol. The number of nitrogens with zero attached hydrogens (tertiary/aromatic N) is 3. The van der Waals surface area contributed by atoms with Gasteiger partial charge in [-0.1, -0.05) is 0 Å². The highest BCUT2D eigenvalue weighted by Gasteiger charge is 2.21. The van der Waals surface area contributed by atoms with Crippen LogP contribution in [0.2, 0.25) is 0 Å². The Morgan fingerprint density at radius 2 is 2.11 bits per heavy atom. The average molecular weight is 382 g/mol. The number of thiazole rings is 1. The molecule has 0 unspecified atom stereocenters. The van der Waals surface area contributed by atoms with Crippen LogP contribution in [0.4, 0.5) is 10.9 Å². The molecule has 8 nitrogen and oxygen atoms in total. The summed E-state index contributed by atoms with van der Waals surface area (Å²) in [6.45, 7) is 1.82. The molecule has 0 radical (unpaired) electrons. The van der Waals surface area contributed by atoms with Gasteiger partial charge >= 0.3 is 0 Å². The van der Waals surface area contributed by atoms with Gasteiger partial charge in [0.2, 0.25) is 0 Å². The van der Waals surface area contributed by atoms with Crippen LogP contribution in [0.3, 0.4) is 0 Å². The number of H-pyrrole nitrogens is 1. The van der Waals surface area contributed by atoms with Gasteiger partial charge in [-0.2, -0.15) is 0 Å². The van der Waals surface area contributed by atoms with E-state index in [-0.39, 0.29) is 5.91 Å². The number of hydrogen-bond donors (Lipinski definition) is 3. The number of primary amides is 1. The van der Waals surface area contributed by atoms with E-state index in [1.54, 1.807) is 30.6 Å². The lowest BCUT2D eigenvalue weighted by Crippen LogP contribution is -2.24. The maximum Gasteiger partial charge on any atom is 0.265 e. The molecule has 0 aromatic carbocycles. The number of amides is 2. The molecule has 1 saturated heterocycles. The van der Waals surface area contributed by atoms with E-state index < -0.39 is 5.91 Å². The Kier molecular flexibility index (Phi) is 4.59. The number of nitrogens with two attached hydrogens (primary N) is 1. The Hall–Kier alpha value is -3.20. The third-order valence-corrected chi connectivity index (χ3v) is 5.16. The highest BCUT2D eigenvalue weighted by Crippen LogP contribution is 2.27. The Labute approximate surface area is 159 Å². The van der Waals surface area contributed by atoms with Crippen molar-refractivity contribution < 1.29 is 9.59 Å². The van der Waals surface area contributed by atoms with Crippen molar-refractivity contribution in [2.75, 3.05) is 23.3 Å². The van der Waals surface area contributed by atoms with Gasteiger partial charge in [-0.15, -0.1) is 11.3 Å². The molecule has 3 aromatic rings. The summed E-state index contributed by atoms with van der Waals surface area (Å²) in [6, 6.07) is 5.16. The summed E-state index contributed by atoms with van der Waals surface area (Å²) in [5, 5.41) is 5.14. The first-order chi connectivity index (χ1) is 13.1. The quantitative estimate of drug-likeness (QED) is 0.627. The highest BCUT2D eigenvalue weighted by atomic mass is 32.1. The predicted octanol–water partition coefficient (Wildman–Crippen LogP) is 2.48. The van der Waals surface area contributed by atoms with Gasteiger partial charge in [0.15, 0.2) is 5.13 Å². The van der Waals surface area contributed by atoms with Gasteiger partial charge in [0.1, 0.15) is 11.5 Å². The lowest BCUT2D eigenvalue weighted by molar-refractivity contribution is 0.0994. The molecule has 1 aliphatic rings. The molecule has 4 heterocycles. The second-order valence-corrected chi connectivity index (χ2v) is 7.09. The summed E-state index contributed by atoms with van der Waals surface area (Å²) >= 11 is 1.32. The van der Waals surface area contributed by atoms with Gasteiger partial charge in [0.25, 0.3) is 11.8 Å². The van der Waals surface area contributed by atoms with Crippen LogP contribution in [0.5, 0.6) is 0 Å². The molecular formula is C18H18N6O2S. The zero-order valence-electron chi connectivity index (χ0n) is 14.4. The number of rotatable bonds is 5. The van der Waals surface area contributed by atoms with E-state index in [9.17, 15) is 9.59 Å². The third kappa shape index (κ3) is 3.54. The summed E-state index contributed by atoms with van der Waals surface area (Å²) in [6.07, 6.45) is 5.58. The van der Waals surface area contributed by atoms with Crippen molar-refractivity contribution in [3.05, 3.63) is 47.2 Å². The van der Waals surface area contributed by atoms with E-state index in [1.165, 1.54) is 11.3 Å². The minimum atomic E-state index is -0.531. The second kappa shape index (κ2) is 7.20. The summed E-state index contributed by atoms with van der Waals surface area (Å²) in [7, 11) is 0. The first kappa shape index (κ1) is 17.2. The van der Waals surface area contributed by atoms with E-state index in [1.807, 2.05) is 5.38 Å². The fourth-order valence-electron chi connectivity index (χ4n) is 3.07. The Morgan fingerprint density at radius 3 is 2.85 bits per heavy atom. The van der Waals surface area contributed by atoms with Crippen LogP contribution < -0.4 is 16.0 Å². The molecule has 4 N–H and O–H groups in total. The van der Waals surface area contributed by atoms with Crippen LogP contribution in [0.25, 0.3) is 11.3 Å². The van der Waals surface area contributed by atoms with Crippen LogP contribution in [-0.2, 0) is 0 Å². The number of hydrogen-bond acceptors (Lipinski definition) is 6. The zero-order chi connectivity index (χ0) is 18.8. The number of carbonyl (C=O) groups excluding carboxylic acids is 2. The van der Waals surface area contributed by atoms with E-state index in [0.29, 0.717) is 27.9 Å². The van der Waals surface area contributed by atoms with Gasteiger partial charge in [-0.25, -0.2) is 9.97 Å². The highest BCUT2D eigenvalue weighted by molar-refractivity contribution is 7.14. The van der Waals surface area contributed by atoms with E-state index >= 15 is 0 Å². The molecule has 0 atom stereocenters. The molecule has 4 rings (SSSR count). The lowest BCUT2D eigenvalue weighted by atomic mass is 10.2. The molecule has 1 aliphatic heterocycles. The van der Waals surface area contributed by atoms with Crippen molar-refractivity contribution in [2.45, 2.75) is 12.8 Å². The molecule has 138 valence electrons. The fourth-order valence-corrected chi connectivity index (χ4v) is 3.78. The van der Waals surface area contributed by atoms with Gasteiger partial charge in [0.05, 0.1) is 11.3 Å². The number of nitrogens with one attached hydrogen (secondary N) is 2. The molecule has 3 aromatic heterocycles.